The number of hydrogen-bond donors (Lipinski definition) is 0. The molecule has 0 saturated carbocycles. The van der Waals surface area contributed by atoms with E-state index in [2.05, 4.69) is 21.0 Å². The Morgan fingerprint density at radius 2 is 2.10 bits per heavy atom. The molecule has 3 nitrogen and oxygen atoms in total. The van der Waals surface area contributed by atoms with Gasteiger partial charge in [0.25, 0.3) is 0 Å². The summed E-state index contributed by atoms with van der Waals surface area (Å²) in [6.45, 7) is 2.37. The molecule has 0 atom stereocenters. The molecule has 1 heterocycles. The molecule has 1 aromatic carbocycles. The minimum atomic E-state index is 0.343. The summed E-state index contributed by atoms with van der Waals surface area (Å²) in [7, 11) is 1.86. The minimum Gasteiger partial charge on any atom is -0.486 e. The van der Waals surface area contributed by atoms with E-state index in [1.54, 1.807) is 4.68 Å². The molecule has 0 aliphatic rings. The zero-order valence-electron chi connectivity index (χ0n) is 11.3. The van der Waals surface area contributed by atoms with Crippen molar-refractivity contribution in [3.8, 4) is 5.75 Å². The van der Waals surface area contributed by atoms with Gasteiger partial charge in [-0.25, -0.2) is 0 Å². The summed E-state index contributed by atoms with van der Waals surface area (Å²) in [5.41, 5.74) is 2.84. The zero-order chi connectivity index (χ0) is 14.7. The van der Waals surface area contributed by atoms with Crippen LogP contribution in [0.5, 0.6) is 5.75 Å². The number of aryl methyl sites for hydroxylation is 2. The Bertz CT molecular complexity index is 613. The van der Waals surface area contributed by atoms with Gasteiger partial charge in [0.15, 0.2) is 0 Å². The molecule has 0 spiro atoms. The van der Waals surface area contributed by atoms with Crippen molar-refractivity contribution >= 4 is 39.1 Å². The lowest BCUT2D eigenvalue weighted by atomic mass is 10.2. The van der Waals surface area contributed by atoms with E-state index in [-0.39, 0.29) is 0 Å². The molecular weight excluding hydrogens is 363 g/mol. The normalized spacial score (nSPS) is 10.8. The number of benzene rings is 1. The topological polar surface area (TPSA) is 27.1 Å². The highest BCUT2D eigenvalue weighted by molar-refractivity contribution is 9.08. The molecule has 0 amide bonds. The summed E-state index contributed by atoms with van der Waals surface area (Å²) in [6, 6.07) is 5.72. The van der Waals surface area contributed by atoms with Crippen LogP contribution >= 0.6 is 39.1 Å². The van der Waals surface area contributed by atoms with Crippen molar-refractivity contribution in [1.29, 1.82) is 0 Å². The second-order valence-electron chi connectivity index (χ2n) is 4.37. The monoisotopic (exact) mass is 376 g/mol. The Morgan fingerprint density at radius 1 is 1.35 bits per heavy atom. The van der Waals surface area contributed by atoms with Crippen LogP contribution in [-0.2, 0) is 25.4 Å². The van der Waals surface area contributed by atoms with Crippen LogP contribution in [0.3, 0.4) is 0 Å². The fraction of sp³-hybridized carbons (Fsp3) is 0.357. The van der Waals surface area contributed by atoms with E-state index in [0.717, 1.165) is 28.7 Å². The molecule has 0 radical (unpaired) electrons. The van der Waals surface area contributed by atoms with Gasteiger partial charge in [0.2, 0.25) is 0 Å². The lowest BCUT2D eigenvalue weighted by Gasteiger charge is -2.09. The number of aromatic nitrogens is 2. The Labute approximate surface area is 137 Å². The van der Waals surface area contributed by atoms with Crippen LogP contribution in [0.4, 0.5) is 0 Å². The maximum atomic E-state index is 6.28. The van der Waals surface area contributed by atoms with Gasteiger partial charge in [-0.2, -0.15) is 5.10 Å². The molecule has 2 aromatic rings. The highest BCUT2D eigenvalue weighted by atomic mass is 79.9. The molecule has 6 heteroatoms. The molecule has 1 aromatic heterocycles. The van der Waals surface area contributed by atoms with Crippen molar-refractivity contribution in [1.82, 2.24) is 9.78 Å². The van der Waals surface area contributed by atoms with Gasteiger partial charge in [-0.1, -0.05) is 52.1 Å². The molecule has 2 rings (SSSR count). The summed E-state index contributed by atoms with van der Waals surface area (Å²) in [4.78, 5) is 0. The maximum Gasteiger partial charge on any atom is 0.138 e. The predicted octanol–water partition coefficient (Wildman–Crippen LogP) is 4.76. The van der Waals surface area contributed by atoms with Crippen molar-refractivity contribution in [3.63, 3.8) is 0 Å². The highest BCUT2D eigenvalue weighted by Crippen LogP contribution is 2.28. The van der Waals surface area contributed by atoms with Crippen molar-refractivity contribution in [2.24, 2.45) is 7.05 Å². The predicted molar refractivity (Wildman–Crippen MR) is 86.0 cm³/mol. The van der Waals surface area contributed by atoms with Gasteiger partial charge < -0.3 is 4.74 Å². The van der Waals surface area contributed by atoms with Crippen LogP contribution in [0.2, 0.25) is 10.0 Å². The fourth-order valence-corrected chi connectivity index (χ4v) is 2.82. The average molecular weight is 378 g/mol. The van der Waals surface area contributed by atoms with Gasteiger partial charge in [0.05, 0.1) is 21.4 Å². The van der Waals surface area contributed by atoms with Crippen LogP contribution in [0.1, 0.15) is 23.9 Å². The molecule has 0 bridgehead atoms. The van der Waals surface area contributed by atoms with E-state index in [1.807, 2.05) is 32.2 Å². The van der Waals surface area contributed by atoms with Crippen molar-refractivity contribution in [2.75, 3.05) is 0 Å². The maximum absolute atomic E-state index is 6.28. The van der Waals surface area contributed by atoms with Crippen LogP contribution in [0.25, 0.3) is 0 Å². The van der Waals surface area contributed by atoms with E-state index in [0.29, 0.717) is 22.4 Å². The standard InChI is InChI=1S/C14H15BrCl2N2O/c1-3-11-14(17)12(19(2)18-11)8-20-13-5-4-9(7-15)6-10(13)16/h4-6H,3,7-8H2,1-2H3. The van der Waals surface area contributed by atoms with Gasteiger partial charge >= 0.3 is 0 Å². The first-order valence-electron chi connectivity index (χ1n) is 6.24. The van der Waals surface area contributed by atoms with E-state index >= 15 is 0 Å². The van der Waals surface area contributed by atoms with Crippen molar-refractivity contribution in [3.05, 3.63) is 45.2 Å². The molecular formula is C14H15BrCl2N2O. The van der Waals surface area contributed by atoms with E-state index < -0.39 is 0 Å². The van der Waals surface area contributed by atoms with Gasteiger partial charge in [0.1, 0.15) is 12.4 Å². The fourth-order valence-electron chi connectivity index (χ4n) is 1.87. The Morgan fingerprint density at radius 3 is 2.65 bits per heavy atom. The molecule has 0 saturated heterocycles. The SMILES string of the molecule is CCc1nn(C)c(COc2ccc(CBr)cc2Cl)c1Cl. The summed E-state index contributed by atoms with van der Waals surface area (Å²) in [6.07, 6.45) is 0.799. The molecule has 0 aliphatic heterocycles. The first-order valence-corrected chi connectivity index (χ1v) is 8.12. The van der Waals surface area contributed by atoms with Crippen LogP contribution in [0.15, 0.2) is 18.2 Å². The molecule has 0 fully saturated rings. The number of rotatable bonds is 5. The largest absolute Gasteiger partial charge is 0.486 e. The van der Waals surface area contributed by atoms with Crippen molar-refractivity contribution < 1.29 is 4.74 Å². The quantitative estimate of drug-likeness (QED) is 0.702. The highest BCUT2D eigenvalue weighted by Gasteiger charge is 2.14. The van der Waals surface area contributed by atoms with E-state index in [4.69, 9.17) is 27.9 Å². The van der Waals surface area contributed by atoms with E-state index in [9.17, 15) is 0 Å². The summed E-state index contributed by atoms with van der Waals surface area (Å²) < 4.78 is 7.50. The molecule has 0 unspecified atom stereocenters. The van der Waals surface area contributed by atoms with Crippen LogP contribution in [-0.4, -0.2) is 9.78 Å². The first kappa shape index (κ1) is 15.7. The Hall–Kier alpha value is -0.710. The minimum absolute atomic E-state index is 0.343. The number of alkyl halides is 1. The number of nitrogens with zero attached hydrogens (tertiary/aromatic N) is 2. The Balaban J connectivity index is 2.15. The molecule has 108 valence electrons. The molecule has 20 heavy (non-hydrogen) atoms. The van der Waals surface area contributed by atoms with Crippen LogP contribution < -0.4 is 4.74 Å². The third kappa shape index (κ3) is 3.30. The number of ether oxygens (including phenoxy) is 1. The Kier molecular flexibility index (Phi) is 5.35. The summed E-state index contributed by atoms with van der Waals surface area (Å²) >= 11 is 15.9. The van der Waals surface area contributed by atoms with Gasteiger partial charge in [0, 0.05) is 12.4 Å². The lowest BCUT2D eigenvalue weighted by Crippen LogP contribution is -2.04. The van der Waals surface area contributed by atoms with Gasteiger partial charge in [-0.05, 0) is 24.1 Å². The molecule has 0 aliphatic carbocycles. The van der Waals surface area contributed by atoms with Crippen LogP contribution in [0, 0.1) is 0 Å². The summed E-state index contributed by atoms with van der Waals surface area (Å²) in [5.74, 6) is 0.645. The lowest BCUT2D eigenvalue weighted by molar-refractivity contribution is 0.295. The number of halogens is 3. The second kappa shape index (κ2) is 6.83. The first-order chi connectivity index (χ1) is 9.56. The second-order valence-corrected chi connectivity index (χ2v) is 5.72. The smallest absolute Gasteiger partial charge is 0.138 e. The zero-order valence-corrected chi connectivity index (χ0v) is 14.4. The molecule has 0 N–H and O–H groups in total. The summed E-state index contributed by atoms with van der Waals surface area (Å²) in [5, 5.41) is 6.38. The third-order valence-corrected chi connectivity index (χ3v) is 4.40. The van der Waals surface area contributed by atoms with Crippen molar-refractivity contribution in [2.45, 2.75) is 25.3 Å². The van der Waals surface area contributed by atoms with Gasteiger partial charge in [-0.15, -0.1) is 0 Å². The van der Waals surface area contributed by atoms with E-state index in [1.165, 1.54) is 0 Å². The van der Waals surface area contributed by atoms with Gasteiger partial charge in [-0.3, -0.25) is 4.68 Å². The third-order valence-electron chi connectivity index (χ3n) is 3.02. The number of hydrogen-bond acceptors (Lipinski definition) is 2. The average Bonchev–Trinajstić information content (AvgIpc) is 2.72.